The van der Waals surface area contributed by atoms with E-state index in [1.165, 1.54) is 30.7 Å². The molecule has 3 heterocycles. The van der Waals surface area contributed by atoms with E-state index in [-0.39, 0.29) is 11.3 Å². The Morgan fingerprint density at radius 2 is 2.03 bits per heavy atom. The molecule has 3 aromatic rings. The number of anilines is 2. The number of halogens is 4. The van der Waals surface area contributed by atoms with Crippen LogP contribution < -0.4 is 10.2 Å². The van der Waals surface area contributed by atoms with Crippen LogP contribution >= 0.6 is 11.8 Å². The molecular formula is C23H17F4N5O2S. The van der Waals surface area contributed by atoms with E-state index in [9.17, 15) is 32.7 Å². The van der Waals surface area contributed by atoms with E-state index >= 15 is 0 Å². The van der Waals surface area contributed by atoms with Crippen molar-refractivity contribution >= 4 is 29.2 Å². The highest BCUT2D eigenvalue weighted by Gasteiger charge is 2.31. The van der Waals surface area contributed by atoms with E-state index in [2.05, 4.69) is 15.3 Å². The molecule has 180 valence electrons. The molecule has 1 fully saturated rings. The Morgan fingerprint density at radius 3 is 2.69 bits per heavy atom. The van der Waals surface area contributed by atoms with Crippen LogP contribution in [0.15, 0.2) is 53.8 Å². The lowest BCUT2D eigenvalue weighted by Gasteiger charge is -2.21. The average molecular weight is 503 g/mol. The normalized spacial score (nSPS) is 15.7. The van der Waals surface area contributed by atoms with Crippen molar-refractivity contribution in [3.05, 3.63) is 65.9 Å². The quantitative estimate of drug-likeness (QED) is 0.388. The zero-order chi connectivity index (χ0) is 25.2. The third kappa shape index (κ3) is 5.87. The monoisotopic (exact) mass is 503 g/mol. The Kier molecular flexibility index (Phi) is 6.90. The lowest BCUT2D eigenvalue weighted by Crippen LogP contribution is -2.23. The van der Waals surface area contributed by atoms with Crippen LogP contribution in [0.1, 0.15) is 22.3 Å². The van der Waals surface area contributed by atoms with Gasteiger partial charge in [0.2, 0.25) is 0 Å². The number of aliphatic hydroxyl groups is 1. The standard InChI is InChI=1S/C23H17F4N5O2S/c24-19-7-16(1-2-20(19)35-23(25,26)27)31-22(34)15-6-18(14-5-13(8-28)9-29-10-14)21(30-11-15)32-4-3-17(33)12-32/h1-2,5-7,9-11,17,33H,3-4,12H2,(H,31,34)/t17-/m1/s1. The Balaban J connectivity index is 1.64. The summed E-state index contributed by atoms with van der Waals surface area (Å²) in [7, 11) is 0. The van der Waals surface area contributed by atoms with E-state index in [1.54, 1.807) is 6.07 Å². The van der Waals surface area contributed by atoms with Gasteiger partial charge in [-0.05, 0) is 48.5 Å². The number of pyridine rings is 2. The van der Waals surface area contributed by atoms with Gasteiger partial charge in [-0.25, -0.2) is 9.37 Å². The molecule has 1 atom stereocenters. The van der Waals surface area contributed by atoms with E-state index in [0.717, 1.165) is 12.1 Å². The number of rotatable bonds is 5. The van der Waals surface area contributed by atoms with E-state index in [0.29, 0.717) is 42.0 Å². The van der Waals surface area contributed by atoms with Gasteiger partial charge in [-0.1, -0.05) is 0 Å². The van der Waals surface area contributed by atoms with Crippen molar-refractivity contribution in [1.29, 1.82) is 5.26 Å². The first-order chi connectivity index (χ1) is 16.6. The van der Waals surface area contributed by atoms with E-state index < -0.39 is 40.0 Å². The molecule has 0 spiro atoms. The lowest BCUT2D eigenvalue weighted by molar-refractivity contribution is -0.0329. The molecule has 2 N–H and O–H groups in total. The molecule has 7 nitrogen and oxygen atoms in total. The number of amides is 1. The number of aliphatic hydroxyl groups excluding tert-OH is 1. The third-order valence-corrected chi connectivity index (χ3v) is 5.97. The summed E-state index contributed by atoms with van der Waals surface area (Å²) in [6.45, 7) is 0.887. The van der Waals surface area contributed by atoms with Gasteiger partial charge in [-0.2, -0.15) is 18.4 Å². The number of benzene rings is 1. The fourth-order valence-corrected chi connectivity index (χ4v) is 4.16. The summed E-state index contributed by atoms with van der Waals surface area (Å²) in [6, 6.07) is 8.04. The van der Waals surface area contributed by atoms with Gasteiger partial charge in [-0.3, -0.25) is 9.78 Å². The number of nitrogens with zero attached hydrogens (tertiary/aromatic N) is 4. The van der Waals surface area contributed by atoms with Crippen LogP contribution in [0.25, 0.3) is 11.1 Å². The predicted octanol–water partition coefficient (Wildman–Crippen LogP) is 4.59. The second-order valence-electron chi connectivity index (χ2n) is 7.70. The zero-order valence-electron chi connectivity index (χ0n) is 17.9. The number of aromatic nitrogens is 2. The second-order valence-corrected chi connectivity index (χ2v) is 8.81. The molecule has 0 unspecified atom stereocenters. The molecule has 0 radical (unpaired) electrons. The third-order valence-electron chi connectivity index (χ3n) is 5.19. The van der Waals surface area contributed by atoms with Gasteiger partial charge < -0.3 is 15.3 Å². The van der Waals surface area contributed by atoms with Gasteiger partial charge in [0.1, 0.15) is 17.7 Å². The summed E-state index contributed by atoms with van der Waals surface area (Å²) in [5, 5.41) is 21.6. The minimum atomic E-state index is -4.64. The maximum absolute atomic E-state index is 14.1. The predicted molar refractivity (Wildman–Crippen MR) is 121 cm³/mol. The molecule has 0 aliphatic carbocycles. The van der Waals surface area contributed by atoms with Crippen molar-refractivity contribution in [1.82, 2.24) is 9.97 Å². The molecule has 0 saturated carbocycles. The number of nitriles is 1. The SMILES string of the molecule is N#Cc1cncc(-c2cc(C(=O)Nc3ccc(SC(F)(F)F)c(F)c3)cnc2N2CC[C@@H](O)C2)c1. The topological polar surface area (TPSA) is 102 Å². The number of hydrogen-bond donors (Lipinski definition) is 2. The Morgan fingerprint density at radius 1 is 1.23 bits per heavy atom. The number of alkyl halides is 3. The van der Waals surface area contributed by atoms with Crippen molar-refractivity contribution in [3.8, 4) is 17.2 Å². The molecule has 1 aliphatic rings. The van der Waals surface area contributed by atoms with Crippen LogP contribution in [0.2, 0.25) is 0 Å². The number of β-amino-alcohol motifs (C(OH)–C–C–N with tert-alkyl or cyclic N) is 1. The highest BCUT2D eigenvalue weighted by Crippen LogP contribution is 2.39. The summed E-state index contributed by atoms with van der Waals surface area (Å²) < 4.78 is 51.7. The van der Waals surface area contributed by atoms with Gasteiger partial charge in [0.05, 0.1) is 22.1 Å². The molecule has 1 aliphatic heterocycles. The van der Waals surface area contributed by atoms with Crippen LogP contribution in [0.4, 0.5) is 29.1 Å². The minimum absolute atomic E-state index is 0.0274. The first-order valence-electron chi connectivity index (χ1n) is 10.3. The highest BCUT2D eigenvalue weighted by atomic mass is 32.2. The second kappa shape index (κ2) is 9.89. The van der Waals surface area contributed by atoms with Crippen LogP contribution in [-0.4, -0.2) is 45.7 Å². The van der Waals surface area contributed by atoms with Crippen molar-refractivity contribution in [2.75, 3.05) is 23.3 Å². The Labute approximate surface area is 201 Å². The molecule has 35 heavy (non-hydrogen) atoms. The number of carbonyl (C=O) groups is 1. The smallest absolute Gasteiger partial charge is 0.391 e. The van der Waals surface area contributed by atoms with Gasteiger partial charge in [-0.15, -0.1) is 0 Å². The van der Waals surface area contributed by atoms with Crippen LogP contribution in [-0.2, 0) is 0 Å². The first-order valence-corrected chi connectivity index (χ1v) is 11.1. The number of hydrogen-bond acceptors (Lipinski definition) is 7. The summed E-state index contributed by atoms with van der Waals surface area (Å²) in [4.78, 5) is 22.6. The molecular weight excluding hydrogens is 486 g/mol. The van der Waals surface area contributed by atoms with Gasteiger partial charge in [0.25, 0.3) is 5.91 Å². The van der Waals surface area contributed by atoms with Crippen LogP contribution in [0.3, 0.4) is 0 Å². The van der Waals surface area contributed by atoms with Gasteiger partial charge in [0.15, 0.2) is 0 Å². The van der Waals surface area contributed by atoms with Gasteiger partial charge >= 0.3 is 5.51 Å². The maximum atomic E-state index is 14.1. The summed E-state index contributed by atoms with van der Waals surface area (Å²) in [5.41, 5.74) is -3.24. The number of thioether (sulfide) groups is 1. The Bertz CT molecular complexity index is 1310. The first kappa shape index (κ1) is 24.4. The minimum Gasteiger partial charge on any atom is -0.391 e. The van der Waals surface area contributed by atoms with Crippen molar-refractivity contribution in [3.63, 3.8) is 0 Å². The maximum Gasteiger partial charge on any atom is 0.446 e. The fourth-order valence-electron chi connectivity index (χ4n) is 3.62. The largest absolute Gasteiger partial charge is 0.446 e. The summed E-state index contributed by atoms with van der Waals surface area (Å²) in [6.07, 6.45) is 4.24. The fraction of sp³-hybridized carbons (Fsp3) is 0.217. The zero-order valence-corrected chi connectivity index (χ0v) is 18.7. The molecule has 12 heteroatoms. The van der Waals surface area contributed by atoms with Crippen LogP contribution in [0.5, 0.6) is 0 Å². The van der Waals surface area contributed by atoms with Gasteiger partial charge in [0, 0.05) is 48.5 Å². The number of carbonyl (C=O) groups excluding carboxylic acids is 1. The number of nitrogens with one attached hydrogen (secondary N) is 1. The molecule has 1 saturated heterocycles. The Hall–Kier alpha value is -3.69. The van der Waals surface area contributed by atoms with Crippen molar-refractivity contribution in [2.24, 2.45) is 0 Å². The van der Waals surface area contributed by atoms with Crippen LogP contribution in [0, 0.1) is 17.1 Å². The summed E-state index contributed by atoms with van der Waals surface area (Å²) >= 11 is -0.581. The molecule has 1 amide bonds. The molecule has 4 rings (SSSR count). The summed E-state index contributed by atoms with van der Waals surface area (Å²) in [5.74, 6) is -1.28. The van der Waals surface area contributed by atoms with E-state index in [4.69, 9.17) is 0 Å². The molecule has 0 bridgehead atoms. The van der Waals surface area contributed by atoms with E-state index in [1.807, 2.05) is 11.0 Å². The average Bonchev–Trinajstić information content (AvgIpc) is 3.25. The highest BCUT2D eigenvalue weighted by molar-refractivity contribution is 8.00. The lowest BCUT2D eigenvalue weighted by atomic mass is 10.0. The van der Waals surface area contributed by atoms with Crippen molar-refractivity contribution in [2.45, 2.75) is 22.9 Å². The molecule has 2 aromatic heterocycles. The van der Waals surface area contributed by atoms with Crippen molar-refractivity contribution < 1.29 is 27.5 Å². The molecule has 1 aromatic carbocycles.